The number of hydrogen-bond acceptors (Lipinski definition) is 2. The highest BCUT2D eigenvalue weighted by atomic mass is 15.1. The van der Waals surface area contributed by atoms with Crippen molar-refractivity contribution in [1.82, 2.24) is 0 Å². The summed E-state index contributed by atoms with van der Waals surface area (Å²) in [6.07, 6.45) is 4.36. The first kappa shape index (κ1) is 27.9. The molecule has 7 rings (SSSR count). The summed E-state index contributed by atoms with van der Waals surface area (Å²) in [6.45, 7) is 2.17. The lowest BCUT2D eigenvalue weighted by molar-refractivity contribution is 1.25. The van der Waals surface area contributed by atoms with Gasteiger partial charge < -0.3 is 9.80 Å². The molecule has 216 valence electrons. The molecule has 0 heterocycles. The van der Waals surface area contributed by atoms with Gasteiger partial charge in [-0.3, -0.25) is 0 Å². The van der Waals surface area contributed by atoms with Crippen molar-refractivity contribution in [3.8, 4) is 0 Å². The third-order valence-corrected chi connectivity index (χ3v) is 8.15. The number of nitrogens with zero attached hydrogens (tertiary/aromatic N) is 2. The molecule has 0 radical (unpaired) electrons. The van der Waals surface area contributed by atoms with Crippen LogP contribution in [0.25, 0.3) is 22.9 Å². The molecule has 0 fully saturated rings. The first-order valence-corrected chi connectivity index (χ1v) is 15.4. The minimum absolute atomic E-state index is 1.12. The molecule has 0 aliphatic heterocycles. The topological polar surface area (TPSA) is 6.48 Å². The highest BCUT2D eigenvalue weighted by Gasteiger charge is 2.15. The summed E-state index contributed by atoms with van der Waals surface area (Å²) >= 11 is 0. The van der Waals surface area contributed by atoms with E-state index >= 15 is 0 Å². The van der Waals surface area contributed by atoms with Crippen LogP contribution >= 0.6 is 0 Å². The Morgan fingerprint density at radius 2 is 0.800 bits per heavy atom. The number of fused-ring (bicyclic) bond motifs is 1. The fourth-order valence-corrected chi connectivity index (χ4v) is 5.82. The Bertz CT molecular complexity index is 2010. The Balaban J connectivity index is 1.15. The van der Waals surface area contributed by atoms with Crippen LogP contribution in [0.1, 0.15) is 16.7 Å². The average molecular weight is 579 g/mol. The minimum Gasteiger partial charge on any atom is -0.311 e. The molecular formula is C43H34N2. The predicted molar refractivity (Wildman–Crippen MR) is 193 cm³/mol. The normalized spacial score (nSPS) is 11.1. The summed E-state index contributed by atoms with van der Waals surface area (Å²) in [7, 11) is 0. The number of rotatable bonds is 8. The van der Waals surface area contributed by atoms with Gasteiger partial charge in [-0.25, -0.2) is 0 Å². The van der Waals surface area contributed by atoms with Crippen LogP contribution in [-0.4, -0.2) is 0 Å². The second kappa shape index (κ2) is 12.8. The van der Waals surface area contributed by atoms with E-state index in [0.29, 0.717) is 0 Å². The Labute approximate surface area is 265 Å². The van der Waals surface area contributed by atoms with E-state index < -0.39 is 0 Å². The van der Waals surface area contributed by atoms with Crippen LogP contribution in [0, 0.1) is 6.92 Å². The molecule has 0 unspecified atom stereocenters. The summed E-state index contributed by atoms with van der Waals surface area (Å²) < 4.78 is 0. The number of hydrogen-bond donors (Lipinski definition) is 0. The van der Waals surface area contributed by atoms with E-state index in [1.807, 2.05) is 0 Å². The van der Waals surface area contributed by atoms with Gasteiger partial charge in [-0.2, -0.15) is 0 Å². The summed E-state index contributed by atoms with van der Waals surface area (Å²) in [5.74, 6) is 0. The molecule has 7 aromatic rings. The summed E-state index contributed by atoms with van der Waals surface area (Å²) in [5, 5.41) is 2.47. The lowest BCUT2D eigenvalue weighted by Gasteiger charge is -2.27. The molecule has 0 saturated carbocycles. The van der Waals surface area contributed by atoms with E-state index in [1.54, 1.807) is 0 Å². The van der Waals surface area contributed by atoms with Crippen molar-refractivity contribution in [1.29, 1.82) is 0 Å². The van der Waals surface area contributed by atoms with Gasteiger partial charge in [0.2, 0.25) is 0 Å². The van der Waals surface area contributed by atoms with Crippen LogP contribution in [0.15, 0.2) is 176 Å². The van der Waals surface area contributed by atoms with Crippen molar-refractivity contribution in [2.24, 2.45) is 0 Å². The first-order valence-electron chi connectivity index (χ1n) is 15.4. The average Bonchev–Trinajstić information content (AvgIpc) is 3.10. The molecular weight excluding hydrogens is 544 g/mol. The van der Waals surface area contributed by atoms with Crippen molar-refractivity contribution in [3.63, 3.8) is 0 Å². The maximum atomic E-state index is 2.35. The lowest BCUT2D eigenvalue weighted by Crippen LogP contribution is -2.11. The molecule has 0 amide bonds. The van der Waals surface area contributed by atoms with Gasteiger partial charge in [0.15, 0.2) is 0 Å². The van der Waals surface area contributed by atoms with Gasteiger partial charge in [0.05, 0.1) is 0 Å². The Kier molecular flexibility index (Phi) is 7.94. The number of para-hydroxylation sites is 3. The molecule has 2 heteroatoms. The van der Waals surface area contributed by atoms with Crippen molar-refractivity contribution >= 4 is 57.0 Å². The van der Waals surface area contributed by atoms with Crippen molar-refractivity contribution < 1.29 is 0 Å². The second-order valence-electron chi connectivity index (χ2n) is 11.2. The van der Waals surface area contributed by atoms with Gasteiger partial charge in [-0.1, -0.05) is 121 Å². The third kappa shape index (κ3) is 6.13. The highest BCUT2D eigenvalue weighted by Crippen LogP contribution is 2.38. The fourth-order valence-electron chi connectivity index (χ4n) is 5.82. The van der Waals surface area contributed by atoms with Gasteiger partial charge in [0.1, 0.15) is 0 Å². The van der Waals surface area contributed by atoms with E-state index in [1.165, 1.54) is 22.0 Å². The van der Waals surface area contributed by atoms with Crippen LogP contribution in [-0.2, 0) is 0 Å². The molecule has 7 aromatic carbocycles. The van der Waals surface area contributed by atoms with Crippen molar-refractivity contribution in [3.05, 3.63) is 193 Å². The Morgan fingerprint density at radius 3 is 1.38 bits per heavy atom. The molecule has 0 aliphatic rings. The standard InChI is InChI=1S/C43H34N2/c1-33-12-8-11-19-43(33)45(42-31-26-36-13-9-10-14-37(36)32-42)41-29-24-35(25-30-41)21-20-34-22-27-40(28-23-34)44(38-15-4-2-5-16-38)39-17-6-3-7-18-39/h2-32H,1H3/b21-20+. The lowest BCUT2D eigenvalue weighted by atomic mass is 10.1. The van der Waals surface area contributed by atoms with Crippen LogP contribution < -0.4 is 9.80 Å². The monoisotopic (exact) mass is 578 g/mol. The number of anilines is 6. The maximum absolute atomic E-state index is 2.35. The zero-order valence-electron chi connectivity index (χ0n) is 25.3. The predicted octanol–water partition coefficient (Wildman–Crippen LogP) is 12.3. The van der Waals surface area contributed by atoms with E-state index in [0.717, 1.165) is 39.6 Å². The quantitative estimate of drug-likeness (QED) is 0.166. The van der Waals surface area contributed by atoms with Crippen molar-refractivity contribution in [2.75, 3.05) is 9.80 Å². The third-order valence-electron chi connectivity index (χ3n) is 8.15. The van der Waals surface area contributed by atoms with Gasteiger partial charge in [0.25, 0.3) is 0 Å². The van der Waals surface area contributed by atoms with Crippen LogP contribution in [0.5, 0.6) is 0 Å². The Morgan fingerprint density at radius 1 is 0.356 bits per heavy atom. The van der Waals surface area contributed by atoms with Gasteiger partial charge >= 0.3 is 0 Å². The molecule has 0 aliphatic carbocycles. The zero-order valence-corrected chi connectivity index (χ0v) is 25.3. The van der Waals surface area contributed by atoms with E-state index in [-0.39, 0.29) is 0 Å². The van der Waals surface area contributed by atoms with Gasteiger partial charge in [-0.05, 0) is 101 Å². The Hall–Kier alpha value is -5.86. The molecule has 0 atom stereocenters. The van der Waals surface area contributed by atoms with E-state index in [9.17, 15) is 0 Å². The van der Waals surface area contributed by atoms with E-state index in [2.05, 4.69) is 205 Å². The smallest absolute Gasteiger partial charge is 0.0490 e. The minimum atomic E-state index is 1.12. The molecule has 2 nitrogen and oxygen atoms in total. The zero-order chi connectivity index (χ0) is 30.4. The van der Waals surface area contributed by atoms with Gasteiger partial charge in [-0.15, -0.1) is 0 Å². The fraction of sp³-hybridized carbons (Fsp3) is 0.0233. The molecule has 45 heavy (non-hydrogen) atoms. The molecule has 0 spiro atoms. The van der Waals surface area contributed by atoms with Gasteiger partial charge in [0, 0.05) is 34.1 Å². The van der Waals surface area contributed by atoms with Crippen LogP contribution in [0.4, 0.5) is 34.1 Å². The second-order valence-corrected chi connectivity index (χ2v) is 11.2. The highest BCUT2D eigenvalue weighted by molar-refractivity contribution is 5.90. The van der Waals surface area contributed by atoms with E-state index in [4.69, 9.17) is 0 Å². The summed E-state index contributed by atoms with van der Waals surface area (Å²) in [5.41, 5.74) is 10.4. The summed E-state index contributed by atoms with van der Waals surface area (Å²) in [4.78, 5) is 4.63. The summed E-state index contributed by atoms with van der Waals surface area (Å²) in [6, 6.07) is 62.3. The first-order chi connectivity index (χ1) is 22.2. The molecule has 0 N–H and O–H groups in total. The largest absolute Gasteiger partial charge is 0.311 e. The number of benzene rings is 7. The van der Waals surface area contributed by atoms with Crippen molar-refractivity contribution in [2.45, 2.75) is 6.92 Å². The molecule has 0 aromatic heterocycles. The number of aryl methyl sites for hydroxylation is 1. The van der Waals surface area contributed by atoms with Crippen LogP contribution in [0.2, 0.25) is 0 Å². The SMILES string of the molecule is Cc1ccccc1N(c1ccc(/C=C/c2ccc(N(c3ccccc3)c3ccccc3)cc2)cc1)c1ccc2ccccc2c1. The van der Waals surface area contributed by atoms with Crippen LogP contribution in [0.3, 0.4) is 0 Å². The molecule has 0 bridgehead atoms. The maximum Gasteiger partial charge on any atom is 0.0490 e. The molecule has 0 saturated heterocycles.